The third-order valence-electron chi connectivity index (χ3n) is 3.04. The largest absolute Gasteiger partial charge is 0.480 e. The van der Waals surface area contributed by atoms with Crippen LogP contribution in [0.1, 0.15) is 12.8 Å². The van der Waals surface area contributed by atoms with Crippen LogP contribution in [-0.4, -0.2) is 34.6 Å². The Morgan fingerprint density at radius 3 is 2.40 bits per heavy atom. The van der Waals surface area contributed by atoms with Gasteiger partial charge in [0.15, 0.2) is 0 Å². The third-order valence-corrected chi connectivity index (χ3v) is 4.75. The molecule has 8 heteroatoms. The van der Waals surface area contributed by atoms with Gasteiger partial charge in [-0.25, -0.2) is 9.59 Å². The standard InChI is InChI=1S/C12H11Br3N2O3/c13-6-4-7(14)10(8(15)5-6)16-12(20)17-3-1-2-9(17)11(18)19/h4-5,9H,1-3H2,(H,16,20)(H,18,19)/t9-/m1/s1. The lowest BCUT2D eigenvalue weighted by molar-refractivity contribution is -0.141. The smallest absolute Gasteiger partial charge is 0.326 e. The first-order valence-electron chi connectivity index (χ1n) is 5.85. The van der Waals surface area contributed by atoms with Gasteiger partial charge in [-0.1, -0.05) is 15.9 Å². The number of hydrogen-bond acceptors (Lipinski definition) is 2. The van der Waals surface area contributed by atoms with Crippen molar-refractivity contribution in [1.29, 1.82) is 0 Å². The second-order valence-corrected chi connectivity index (χ2v) is 6.99. The number of hydrogen-bond donors (Lipinski definition) is 2. The van der Waals surface area contributed by atoms with Crippen LogP contribution in [0.2, 0.25) is 0 Å². The van der Waals surface area contributed by atoms with Gasteiger partial charge in [0.1, 0.15) is 6.04 Å². The SMILES string of the molecule is O=C(O)[C@H]1CCCN1C(=O)Nc1c(Br)cc(Br)cc1Br. The number of benzene rings is 1. The molecule has 1 heterocycles. The number of halogens is 3. The highest BCUT2D eigenvalue weighted by Crippen LogP contribution is 2.34. The van der Waals surface area contributed by atoms with E-state index in [1.807, 2.05) is 0 Å². The molecule has 2 amide bonds. The van der Waals surface area contributed by atoms with Crippen molar-refractivity contribution in [2.75, 3.05) is 11.9 Å². The number of nitrogens with one attached hydrogen (secondary N) is 1. The molecule has 0 aliphatic carbocycles. The molecule has 1 atom stereocenters. The van der Waals surface area contributed by atoms with E-state index in [2.05, 4.69) is 53.1 Å². The molecule has 0 aromatic heterocycles. The summed E-state index contributed by atoms with van der Waals surface area (Å²) in [5.74, 6) is -0.966. The molecule has 0 radical (unpaired) electrons. The van der Waals surface area contributed by atoms with E-state index in [4.69, 9.17) is 5.11 Å². The molecule has 2 N–H and O–H groups in total. The van der Waals surface area contributed by atoms with Crippen LogP contribution in [0.15, 0.2) is 25.6 Å². The van der Waals surface area contributed by atoms with Gasteiger partial charge in [-0.3, -0.25) is 0 Å². The molecule has 0 unspecified atom stereocenters. The zero-order valence-corrected chi connectivity index (χ0v) is 15.0. The molecule has 1 aromatic rings. The number of amides is 2. The highest BCUT2D eigenvalue weighted by Gasteiger charge is 2.34. The highest BCUT2D eigenvalue weighted by atomic mass is 79.9. The summed E-state index contributed by atoms with van der Waals surface area (Å²) in [5.41, 5.74) is 0.578. The fraction of sp³-hybridized carbons (Fsp3) is 0.333. The topological polar surface area (TPSA) is 69.6 Å². The van der Waals surface area contributed by atoms with Gasteiger partial charge in [0.05, 0.1) is 5.69 Å². The van der Waals surface area contributed by atoms with Crippen molar-refractivity contribution in [3.8, 4) is 0 Å². The summed E-state index contributed by atoms with van der Waals surface area (Å²) >= 11 is 10.1. The normalized spacial score (nSPS) is 18.1. The van der Waals surface area contributed by atoms with E-state index in [-0.39, 0.29) is 0 Å². The van der Waals surface area contributed by atoms with Crippen molar-refractivity contribution in [2.24, 2.45) is 0 Å². The molecule has 1 aliphatic heterocycles. The first kappa shape index (κ1) is 15.8. The molecule has 1 fully saturated rings. The number of rotatable bonds is 2. The number of nitrogens with zero attached hydrogens (tertiary/aromatic N) is 1. The van der Waals surface area contributed by atoms with E-state index in [0.717, 1.165) is 4.47 Å². The van der Waals surface area contributed by atoms with Crippen LogP contribution in [0.25, 0.3) is 0 Å². The zero-order valence-electron chi connectivity index (χ0n) is 10.2. The summed E-state index contributed by atoms with van der Waals surface area (Å²) in [4.78, 5) is 24.7. The first-order chi connectivity index (χ1) is 9.40. The van der Waals surface area contributed by atoms with Gasteiger partial charge in [0.2, 0.25) is 0 Å². The number of carboxylic acids is 1. The lowest BCUT2D eigenvalue weighted by Gasteiger charge is -2.22. The molecule has 0 spiro atoms. The van der Waals surface area contributed by atoms with Crippen molar-refractivity contribution in [2.45, 2.75) is 18.9 Å². The lowest BCUT2D eigenvalue weighted by atomic mass is 10.2. The molecule has 108 valence electrons. The molecule has 1 saturated heterocycles. The van der Waals surface area contributed by atoms with Crippen LogP contribution in [-0.2, 0) is 4.79 Å². The van der Waals surface area contributed by atoms with Gasteiger partial charge in [0.25, 0.3) is 0 Å². The number of carbonyl (C=O) groups is 2. The molecule has 5 nitrogen and oxygen atoms in total. The van der Waals surface area contributed by atoms with Crippen LogP contribution in [0.3, 0.4) is 0 Å². The Balaban J connectivity index is 2.18. The van der Waals surface area contributed by atoms with E-state index in [9.17, 15) is 9.59 Å². The molecule has 20 heavy (non-hydrogen) atoms. The summed E-state index contributed by atoms with van der Waals surface area (Å²) in [7, 11) is 0. The molecule has 1 aliphatic rings. The average Bonchev–Trinajstić information content (AvgIpc) is 2.82. The molecule has 1 aromatic carbocycles. The first-order valence-corrected chi connectivity index (χ1v) is 8.23. The minimum atomic E-state index is -0.966. The van der Waals surface area contributed by atoms with E-state index >= 15 is 0 Å². The minimum Gasteiger partial charge on any atom is -0.480 e. The van der Waals surface area contributed by atoms with Crippen molar-refractivity contribution in [3.63, 3.8) is 0 Å². The average molecular weight is 471 g/mol. The summed E-state index contributed by atoms with van der Waals surface area (Å²) in [6.07, 6.45) is 1.19. The van der Waals surface area contributed by atoms with Gasteiger partial charge in [0, 0.05) is 20.0 Å². The molecule has 2 rings (SSSR count). The van der Waals surface area contributed by atoms with Crippen molar-refractivity contribution in [3.05, 3.63) is 25.6 Å². The minimum absolute atomic E-state index is 0.404. The number of urea groups is 1. The van der Waals surface area contributed by atoms with Gasteiger partial charge < -0.3 is 15.3 Å². The number of likely N-dealkylation sites (tertiary alicyclic amines) is 1. The maximum Gasteiger partial charge on any atom is 0.326 e. The fourth-order valence-corrected chi connectivity index (χ4v) is 4.56. The van der Waals surface area contributed by atoms with Gasteiger partial charge >= 0.3 is 12.0 Å². The van der Waals surface area contributed by atoms with Crippen LogP contribution in [0.5, 0.6) is 0 Å². The van der Waals surface area contributed by atoms with Crippen LogP contribution in [0.4, 0.5) is 10.5 Å². The summed E-state index contributed by atoms with van der Waals surface area (Å²) < 4.78 is 2.27. The Morgan fingerprint density at radius 1 is 1.25 bits per heavy atom. The number of carbonyl (C=O) groups excluding carboxylic acids is 1. The summed E-state index contributed by atoms with van der Waals surface area (Å²) in [6.45, 7) is 0.453. The van der Waals surface area contributed by atoms with Crippen molar-refractivity contribution >= 4 is 65.5 Å². The Kier molecular flexibility index (Phi) is 5.09. The second kappa shape index (κ2) is 6.44. The van der Waals surface area contributed by atoms with Crippen LogP contribution < -0.4 is 5.32 Å². The van der Waals surface area contributed by atoms with Crippen molar-refractivity contribution < 1.29 is 14.7 Å². The summed E-state index contributed by atoms with van der Waals surface area (Å²) in [5, 5.41) is 11.8. The maximum atomic E-state index is 12.2. The predicted octanol–water partition coefficient (Wildman–Crippen LogP) is 4.06. The summed E-state index contributed by atoms with van der Waals surface area (Å²) in [6, 6.07) is 2.46. The van der Waals surface area contributed by atoms with Gasteiger partial charge in [-0.15, -0.1) is 0 Å². The predicted molar refractivity (Wildman–Crippen MR) is 85.9 cm³/mol. The van der Waals surface area contributed by atoms with E-state index in [0.29, 0.717) is 34.0 Å². The van der Waals surface area contributed by atoms with Gasteiger partial charge in [-0.2, -0.15) is 0 Å². The molecule has 0 saturated carbocycles. The second-order valence-electron chi connectivity index (χ2n) is 4.36. The zero-order chi connectivity index (χ0) is 14.9. The number of carboxylic acid groups (broad SMARTS) is 1. The Morgan fingerprint density at radius 2 is 1.85 bits per heavy atom. The number of aliphatic carboxylic acids is 1. The number of anilines is 1. The van der Waals surface area contributed by atoms with Crippen LogP contribution in [0, 0.1) is 0 Å². The van der Waals surface area contributed by atoms with E-state index in [1.54, 1.807) is 12.1 Å². The van der Waals surface area contributed by atoms with E-state index < -0.39 is 18.0 Å². The van der Waals surface area contributed by atoms with E-state index in [1.165, 1.54) is 4.90 Å². The highest BCUT2D eigenvalue weighted by molar-refractivity contribution is 9.11. The quantitative estimate of drug-likeness (QED) is 0.685. The Bertz CT molecular complexity index is 542. The molecule has 0 bridgehead atoms. The third kappa shape index (κ3) is 3.35. The monoisotopic (exact) mass is 468 g/mol. The molecular weight excluding hydrogens is 460 g/mol. The van der Waals surface area contributed by atoms with Crippen molar-refractivity contribution in [1.82, 2.24) is 4.90 Å². The van der Waals surface area contributed by atoms with Gasteiger partial charge in [-0.05, 0) is 56.8 Å². The fourth-order valence-electron chi connectivity index (χ4n) is 2.11. The Hall–Kier alpha value is -0.600. The maximum absolute atomic E-state index is 12.2. The molecular formula is C12H11Br3N2O3. The Labute approximate surface area is 141 Å². The van der Waals surface area contributed by atoms with Crippen LogP contribution >= 0.6 is 47.8 Å². The lowest BCUT2D eigenvalue weighted by Crippen LogP contribution is -2.42.